The number of hydrogen-bond acceptors (Lipinski definition) is 2. The summed E-state index contributed by atoms with van der Waals surface area (Å²) in [6.07, 6.45) is 3.94. The predicted molar refractivity (Wildman–Crippen MR) is 131 cm³/mol. The summed E-state index contributed by atoms with van der Waals surface area (Å²) in [6.45, 7) is 10.8. The highest BCUT2D eigenvalue weighted by Crippen LogP contribution is 2.23. The normalized spacial score (nSPS) is 12.0. The molecule has 0 aliphatic carbocycles. The molecule has 0 bridgehead atoms. The molecule has 0 unspecified atom stereocenters. The second-order valence-electron chi connectivity index (χ2n) is 9.10. The van der Waals surface area contributed by atoms with Gasteiger partial charge in [0.05, 0.1) is 16.6 Å². The Balaban J connectivity index is 1.85. The molecule has 31 heavy (non-hydrogen) atoms. The minimum atomic E-state index is -0.0587. The van der Waals surface area contributed by atoms with Gasteiger partial charge < -0.3 is 0 Å². The van der Waals surface area contributed by atoms with Crippen molar-refractivity contribution in [2.75, 3.05) is 0 Å². The van der Waals surface area contributed by atoms with Crippen LogP contribution >= 0.6 is 0 Å². The van der Waals surface area contributed by atoms with Crippen molar-refractivity contribution in [3.8, 4) is 5.69 Å². The number of rotatable bonds is 3. The van der Waals surface area contributed by atoms with Crippen LogP contribution in [0.4, 0.5) is 0 Å². The van der Waals surface area contributed by atoms with Crippen LogP contribution in [0, 0.1) is 13.8 Å². The van der Waals surface area contributed by atoms with Gasteiger partial charge in [0.25, 0.3) is 5.56 Å². The third-order valence-corrected chi connectivity index (χ3v) is 5.75. The first-order chi connectivity index (χ1) is 14.7. The molecule has 0 N–H and O–H groups in total. The molecule has 3 nitrogen and oxygen atoms in total. The molecule has 1 aromatic heterocycles. The van der Waals surface area contributed by atoms with Crippen molar-refractivity contribution in [1.82, 2.24) is 9.55 Å². The van der Waals surface area contributed by atoms with Gasteiger partial charge in [-0.1, -0.05) is 69.3 Å². The van der Waals surface area contributed by atoms with Gasteiger partial charge in [0.1, 0.15) is 5.82 Å². The molecule has 0 saturated carbocycles. The van der Waals surface area contributed by atoms with E-state index in [1.165, 1.54) is 11.1 Å². The molecule has 4 rings (SSSR count). The Labute approximate surface area is 183 Å². The quantitative estimate of drug-likeness (QED) is 0.389. The van der Waals surface area contributed by atoms with E-state index in [1.54, 1.807) is 4.57 Å². The highest BCUT2D eigenvalue weighted by atomic mass is 16.1. The van der Waals surface area contributed by atoms with Crippen molar-refractivity contribution in [3.05, 3.63) is 105 Å². The Morgan fingerprint density at radius 1 is 0.839 bits per heavy atom. The summed E-state index contributed by atoms with van der Waals surface area (Å²) < 4.78 is 1.70. The third-order valence-electron chi connectivity index (χ3n) is 5.75. The molecule has 0 amide bonds. The SMILES string of the molecule is Cc1ccc(-n2c(C=Cc3ccc(C(C)(C)C)cc3)nc3ccccc3c2=O)cc1C. The van der Waals surface area contributed by atoms with Crippen molar-refractivity contribution >= 4 is 23.1 Å². The van der Waals surface area contributed by atoms with Gasteiger partial charge in [-0.2, -0.15) is 0 Å². The molecule has 0 aliphatic heterocycles. The average Bonchev–Trinajstić information content (AvgIpc) is 2.74. The number of nitrogens with zero attached hydrogens (tertiary/aromatic N) is 2. The van der Waals surface area contributed by atoms with Crippen LogP contribution in [0.2, 0.25) is 0 Å². The van der Waals surface area contributed by atoms with Crippen LogP contribution in [0.1, 0.15) is 48.8 Å². The van der Waals surface area contributed by atoms with Crippen LogP contribution in [0.3, 0.4) is 0 Å². The van der Waals surface area contributed by atoms with E-state index < -0.39 is 0 Å². The number of aromatic nitrogens is 2. The van der Waals surface area contributed by atoms with E-state index in [4.69, 9.17) is 4.98 Å². The second kappa shape index (κ2) is 7.99. The Bertz CT molecular complexity index is 1340. The topological polar surface area (TPSA) is 34.9 Å². The molecular formula is C28H28N2O. The van der Waals surface area contributed by atoms with Crippen LogP contribution in [-0.4, -0.2) is 9.55 Å². The third kappa shape index (κ3) is 4.22. The maximum Gasteiger partial charge on any atom is 0.266 e. The highest BCUT2D eigenvalue weighted by Gasteiger charge is 2.13. The zero-order chi connectivity index (χ0) is 22.2. The van der Waals surface area contributed by atoms with Crippen LogP contribution < -0.4 is 5.56 Å². The van der Waals surface area contributed by atoms with Gasteiger partial charge in [-0.25, -0.2) is 4.98 Å². The zero-order valence-electron chi connectivity index (χ0n) is 18.8. The molecular weight excluding hydrogens is 380 g/mol. The number of hydrogen-bond donors (Lipinski definition) is 0. The molecule has 0 spiro atoms. The lowest BCUT2D eigenvalue weighted by Crippen LogP contribution is -2.22. The first kappa shape index (κ1) is 20.8. The minimum Gasteiger partial charge on any atom is -0.268 e. The lowest BCUT2D eigenvalue weighted by atomic mass is 9.87. The molecule has 0 fully saturated rings. The fourth-order valence-electron chi connectivity index (χ4n) is 3.64. The Morgan fingerprint density at radius 3 is 2.23 bits per heavy atom. The number of benzene rings is 3. The summed E-state index contributed by atoms with van der Waals surface area (Å²) in [5.41, 5.74) is 6.29. The lowest BCUT2D eigenvalue weighted by Gasteiger charge is -2.18. The summed E-state index contributed by atoms with van der Waals surface area (Å²) in [4.78, 5) is 18.2. The van der Waals surface area contributed by atoms with Crippen molar-refractivity contribution in [2.24, 2.45) is 0 Å². The summed E-state index contributed by atoms with van der Waals surface area (Å²) in [5, 5.41) is 0.618. The average molecular weight is 409 g/mol. The fourth-order valence-corrected chi connectivity index (χ4v) is 3.64. The Kier molecular flexibility index (Phi) is 5.36. The van der Waals surface area contributed by atoms with E-state index in [1.807, 2.05) is 54.6 Å². The van der Waals surface area contributed by atoms with Gasteiger partial charge in [0.2, 0.25) is 0 Å². The van der Waals surface area contributed by atoms with Gasteiger partial charge in [-0.05, 0) is 71.9 Å². The summed E-state index contributed by atoms with van der Waals surface area (Å²) in [5.74, 6) is 0.617. The zero-order valence-corrected chi connectivity index (χ0v) is 18.8. The summed E-state index contributed by atoms with van der Waals surface area (Å²) >= 11 is 0. The van der Waals surface area contributed by atoms with E-state index in [2.05, 4.69) is 58.9 Å². The molecule has 0 radical (unpaired) electrons. The van der Waals surface area contributed by atoms with Crippen molar-refractivity contribution in [1.29, 1.82) is 0 Å². The first-order valence-electron chi connectivity index (χ1n) is 10.6. The molecule has 0 aliphatic rings. The van der Waals surface area contributed by atoms with E-state index in [0.29, 0.717) is 16.7 Å². The second-order valence-corrected chi connectivity index (χ2v) is 9.10. The highest BCUT2D eigenvalue weighted by molar-refractivity contribution is 5.80. The van der Waals surface area contributed by atoms with Crippen molar-refractivity contribution < 1.29 is 0 Å². The van der Waals surface area contributed by atoms with Crippen LogP contribution in [0.5, 0.6) is 0 Å². The number of fused-ring (bicyclic) bond motifs is 1. The van der Waals surface area contributed by atoms with Crippen molar-refractivity contribution in [3.63, 3.8) is 0 Å². The molecule has 1 heterocycles. The summed E-state index contributed by atoms with van der Waals surface area (Å²) in [6, 6.07) is 22.1. The predicted octanol–water partition coefficient (Wildman–Crippen LogP) is 6.47. The maximum atomic E-state index is 13.4. The Morgan fingerprint density at radius 2 is 1.55 bits per heavy atom. The monoisotopic (exact) mass is 408 g/mol. The van der Waals surface area contributed by atoms with Gasteiger partial charge in [-0.3, -0.25) is 9.36 Å². The molecule has 0 saturated heterocycles. The molecule has 4 aromatic rings. The van der Waals surface area contributed by atoms with Crippen LogP contribution in [0.15, 0.2) is 71.5 Å². The van der Waals surface area contributed by atoms with E-state index in [-0.39, 0.29) is 11.0 Å². The van der Waals surface area contributed by atoms with Gasteiger partial charge in [-0.15, -0.1) is 0 Å². The fraction of sp³-hybridized carbons (Fsp3) is 0.214. The van der Waals surface area contributed by atoms with E-state index >= 15 is 0 Å². The number of aryl methyl sites for hydroxylation is 2. The standard InChI is InChI=1S/C28H28N2O/c1-19-10-16-23(18-20(19)2)30-26(29-25-9-7-6-8-24(25)27(30)31)17-13-21-11-14-22(15-12-21)28(3,4)5/h6-18H,1-5H3. The minimum absolute atomic E-state index is 0.0587. The smallest absolute Gasteiger partial charge is 0.266 e. The van der Waals surface area contributed by atoms with Gasteiger partial charge in [0.15, 0.2) is 0 Å². The summed E-state index contributed by atoms with van der Waals surface area (Å²) in [7, 11) is 0. The van der Waals surface area contributed by atoms with Gasteiger partial charge in [0, 0.05) is 0 Å². The van der Waals surface area contributed by atoms with Crippen molar-refractivity contribution in [2.45, 2.75) is 40.0 Å². The van der Waals surface area contributed by atoms with Crippen LogP contribution in [0.25, 0.3) is 28.7 Å². The first-order valence-corrected chi connectivity index (χ1v) is 10.6. The lowest BCUT2D eigenvalue weighted by molar-refractivity contribution is 0.590. The number of para-hydroxylation sites is 1. The Hall–Kier alpha value is -3.46. The van der Waals surface area contributed by atoms with E-state index in [0.717, 1.165) is 16.8 Å². The van der Waals surface area contributed by atoms with Crippen LogP contribution in [-0.2, 0) is 5.41 Å². The van der Waals surface area contributed by atoms with Gasteiger partial charge >= 0.3 is 0 Å². The van der Waals surface area contributed by atoms with E-state index in [9.17, 15) is 4.79 Å². The molecule has 3 aromatic carbocycles. The molecule has 3 heteroatoms. The molecule has 156 valence electrons. The molecule has 0 atom stereocenters. The maximum absolute atomic E-state index is 13.4. The largest absolute Gasteiger partial charge is 0.268 e.